The van der Waals surface area contributed by atoms with Crippen molar-refractivity contribution in [1.29, 1.82) is 0 Å². The van der Waals surface area contributed by atoms with Crippen LogP contribution in [0.3, 0.4) is 0 Å². The average molecular weight is 478 g/mol. The summed E-state index contributed by atoms with van der Waals surface area (Å²) in [6.45, 7) is 2.88. The Balaban J connectivity index is 1.46. The van der Waals surface area contributed by atoms with E-state index >= 15 is 0 Å². The number of aromatic nitrogens is 4. The number of halogens is 1. The molecule has 3 aromatic rings. The van der Waals surface area contributed by atoms with Crippen molar-refractivity contribution < 1.29 is 17.9 Å². The minimum atomic E-state index is -3.49. The number of carbonyl (C=O) groups excluding carboxylic acids is 1. The third-order valence-corrected chi connectivity index (χ3v) is 5.33. The molecule has 32 heavy (non-hydrogen) atoms. The monoisotopic (exact) mass is 477 g/mol. The molecule has 0 aliphatic carbocycles. The maximum atomic E-state index is 12.6. The molecule has 2 N–H and O–H groups in total. The van der Waals surface area contributed by atoms with Crippen LogP contribution in [0.5, 0.6) is 0 Å². The van der Waals surface area contributed by atoms with Crippen LogP contribution in [0.25, 0.3) is 5.95 Å². The van der Waals surface area contributed by atoms with Crippen molar-refractivity contribution in [3.8, 4) is 5.95 Å². The Morgan fingerprint density at radius 1 is 1.09 bits per heavy atom. The van der Waals surface area contributed by atoms with Gasteiger partial charge in [0.05, 0.1) is 55.0 Å². The fourth-order valence-electron chi connectivity index (χ4n) is 3.11. The third-order valence-electron chi connectivity index (χ3n) is 4.51. The highest BCUT2D eigenvalue weighted by Crippen LogP contribution is 2.24. The van der Waals surface area contributed by atoms with E-state index < -0.39 is 15.9 Å². The van der Waals surface area contributed by atoms with Crippen molar-refractivity contribution in [2.45, 2.75) is 0 Å². The Morgan fingerprint density at radius 2 is 1.78 bits per heavy atom. The number of hydrogen-bond donors (Lipinski definition) is 2. The Morgan fingerprint density at radius 3 is 2.47 bits per heavy atom. The predicted molar refractivity (Wildman–Crippen MR) is 120 cm³/mol. The summed E-state index contributed by atoms with van der Waals surface area (Å²) in [6.07, 6.45) is 7.32. The molecule has 0 spiro atoms. The van der Waals surface area contributed by atoms with Gasteiger partial charge in [0.1, 0.15) is 0 Å². The lowest BCUT2D eigenvalue weighted by Gasteiger charge is -2.28. The first-order valence-corrected chi connectivity index (χ1v) is 11.8. The zero-order chi connectivity index (χ0) is 22.7. The molecule has 168 valence electrons. The number of ether oxygens (including phenoxy) is 1. The van der Waals surface area contributed by atoms with Gasteiger partial charge in [0.2, 0.25) is 10.0 Å². The molecule has 1 aliphatic rings. The van der Waals surface area contributed by atoms with Gasteiger partial charge in [-0.05, 0) is 18.2 Å². The number of nitrogens with zero attached hydrogens (tertiary/aromatic N) is 5. The summed E-state index contributed by atoms with van der Waals surface area (Å²) in [4.78, 5) is 23.4. The highest BCUT2D eigenvalue weighted by Gasteiger charge is 2.15. The zero-order valence-electron chi connectivity index (χ0n) is 17.0. The fraction of sp³-hybridized carbons (Fsp3) is 0.263. The van der Waals surface area contributed by atoms with Crippen LogP contribution in [0, 0.1) is 0 Å². The number of morpholine rings is 1. The van der Waals surface area contributed by atoms with E-state index in [2.05, 4.69) is 30.0 Å². The van der Waals surface area contributed by atoms with Crippen molar-refractivity contribution in [3.05, 3.63) is 53.6 Å². The third kappa shape index (κ3) is 5.52. The highest BCUT2D eigenvalue weighted by atomic mass is 35.5. The van der Waals surface area contributed by atoms with Gasteiger partial charge in [0.25, 0.3) is 11.9 Å². The van der Waals surface area contributed by atoms with E-state index in [1.165, 1.54) is 35.3 Å². The molecular formula is C19H20ClN7O4S. The molecule has 1 saturated heterocycles. The summed E-state index contributed by atoms with van der Waals surface area (Å²) < 4.78 is 31.9. The summed E-state index contributed by atoms with van der Waals surface area (Å²) in [6, 6.07) is 4.40. The summed E-state index contributed by atoms with van der Waals surface area (Å²) in [5, 5.41) is 7.09. The normalized spacial score (nSPS) is 14.2. The molecule has 1 fully saturated rings. The van der Waals surface area contributed by atoms with Gasteiger partial charge in [-0.2, -0.15) is 5.10 Å². The second-order valence-corrected chi connectivity index (χ2v) is 9.26. The smallest absolute Gasteiger partial charge is 0.258 e. The summed E-state index contributed by atoms with van der Waals surface area (Å²) in [5.74, 6) is -0.128. The number of amides is 1. The van der Waals surface area contributed by atoms with Crippen LogP contribution in [0.2, 0.25) is 5.02 Å². The molecule has 1 aromatic carbocycles. The molecule has 0 bridgehead atoms. The van der Waals surface area contributed by atoms with Gasteiger partial charge >= 0.3 is 0 Å². The topological polar surface area (TPSA) is 131 Å². The standard InChI is InChI=1S/C19H20ClN7O4S/c1-32(29,30)25-16-7-14(20)6-15(8-16)24-18(28)13-9-23-27(12-13)19-21-10-17(11-22-19)26-2-4-31-5-3-26/h6-12,25H,2-5H2,1H3,(H,24,28). The van der Waals surface area contributed by atoms with Gasteiger partial charge in [-0.3, -0.25) is 9.52 Å². The van der Waals surface area contributed by atoms with E-state index in [1.54, 1.807) is 12.4 Å². The average Bonchev–Trinajstić information content (AvgIpc) is 3.23. The van der Waals surface area contributed by atoms with Crippen LogP contribution in [-0.4, -0.2) is 66.6 Å². The van der Waals surface area contributed by atoms with Crippen molar-refractivity contribution >= 4 is 44.6 Å². The summed E-state index contributed by atoms with van der Waals surface area (Å²) in [7, 11) is -3.49. The highest BCUT2D eigenvalue weighted by molar-refractivity contribution is 7.92. The van der Waals surface area contributed by atoms with Gasteiger partial charge in [-0.25, -0.2) is 23.1 Å². The van der Waals surface area contributed by atoms with Crippen LogP contribution < -0.4 is 14.9 Å². The van der Waals surface area contributed by atoms with Gasteiger partial charge in [0.15, 0.2) is 0 Å². The molecular weight excluding hydrogens is 458 g/mol. The molecule has 1 amide bonds. The lowest BCUT2D eigenvalue weighted by atomic mass is 10.2. The summed E-state index contributed by atoms with van der Waals surface area (Å²) >= 11 is 6.03. The molecule has 0 radical (unpaired) electrons. The van der Waals surface area contributed by atoms with E-state index in [9.17, 15) is 13.2 Å². The SMILES string of the molecule is CS(=O)(=O)Nc1cc(Cl)cc(NC(=O)c2cnn(-c3ncc(N4CCOCC4)cn3)c2)c1. The maximum Gasteiger partial charge on any atom is 0.258 e. The number of anilines is 3. The molecule has 0 unspecified atom stereocenters. The number of sulfonamides is 1. The number of hydrogen-bond acceptors (Lipinski definition) is 8. The minimum absolute atomic E-state index is 0.236. The van der Waals surface area contributed by atoms with Gasteiger partial charge in [-0.15, -0.1) is 0 Å². The van der Waals surface area contributed by atoms with E-state index in [4.69, 9.17) is 16.3 Å². The molecule has 0 atom stereocenters. The van der Waals surface area contributed by atoms with Crippen LogP contribution in [0.1, 0.15) is 10.4 Å². The van der Waals surface area contributed by atoms with Crippen molar-refractivity contribution in [2.24, 2.45) is 0 Å². The van der Waals surface area contributed by atoms with Gasteiger partial charge in [-0.1, -0.05) is 11.6 Å². The number of nitrogens with one attached hydrogen (secondary N) is 2. The molecule has 3 heterocycles. The molecule has 4 rings (SSSR count). The predicted octanol–water partition coefficient (Wildman–Crippen LogP) is 1.78. The fourth-order valence-corrected chi connectivity index (χ4v) is 3.89. The molecule has 11 nitrogen and oxygen atoms in total. The van der Waals surface area contributed by atoms with Crippen molar-refractivity contribution in [2.75, 3.05) is 47.5 Å². The van der Waals surface area contributed by atoms with Crippen LogP contribution in [0.4, 0.5) is 17.1 Å². The Hall–Kier alpha value is -3.22. The van der Waals surface area contributed by atoms with Crippen LogP contribution >= 0.6 is 11.6 Å². The van der Waals surface area contributed by atoms with Crippen molar-refractivity contribution in [3.63, 3.8) is 0 Å². The second-order valence-electron chi connectivity index (χ2n) is 7.07. The Labute approximate surface area is 189 Å². The lowest BCUT2D eigenvalue weighted by molar-refractivity contribution is 0.102. The van der Waals surface area contributed by atoms with Crippen LogP contribution in [0.15, 0.2) is 43.0 Å². The van der Waals surface area contributed by atoms with E-state index in [0.717, 1.165) is 25.0 Å². The van der Waals surface area contributed by atoms with E-state index in [1.807, 2.05) is 0 Å². The number of rotatable bonds is 6. The Bertz CT molecular complexity index is 1220. The first-order chi connectivity index (χ1) is 15.3. The quantitative estimate of drug-likeness (QED) is 0.549. The zero-order valence-corrected chi connectivity index (χ0v) is 18.6. The summed E-state index contributed by atoms with van der Waals surface area (Å²) in [5.41, 5.74) is 1.72. The van der Waals surface area contributed by atoms with Gasteiger partial charge < -0.3 is 15.0 Å². The number of carbonyl (C=O) groups is 1. The largest absolute Gasteiger partial charge is 0.378 e. The minimum Gasteiger partial charge on any atom is -0.378 e. The number of benzene rings is 1. The first-order valence-electron chi connectivity index (χ1n) is 9.56. The van der Waals surface area contributed by atoms with Crippen molar-refractivity contribution in [1.82, 2.24) is 19.7 Å². The first kappa shape index (κ1) is 22.0. The molecule has 13 heteroatoms. The van der Waals surface area contributed by atoms with E-state index in [0.29, 0.717) is 24.8 Å². The van der Waals surface area contributed by atoms with Crippen LogP contribution in [-0.2, 0) is 14.8 Å². The molecule has 0 saturated carbocycles. The maximum absolute atomic E-state index is 12.6. The Kier molecular flexibility index (Phi) is 6.26. The van der Waals surface area contributed by atoms with E-state index in [-0.39, 0.29) is 16.3 Å². The molecule has 1 aliphatic heterocycles. The molecule has 2 aromatic heterocycles. The second kappa shape index (κ2) is 9.10. The lowest BCUT2D eigenvalue weighted by Crippen LogP contribution is -2.36. The van der Waals surface area contributed by atoms with Gasteiger partial charge in [0, 0.05) is 30.0 Å².